The van der Waals surface area contributed by atoms with Crippen molar-refractivity contribution >= 4 is 21.9 Å². The van der Waals surface area contributed by atoms with Crippen molar-refractivity contribution < 1.29 is 4.42 Å². The van der Waals surface area contributed by atoms with E-state index in [4.69, 9.17) is 19.4 Å². The van der Waals surface area contributed by atoms with Crippen molar-refractivity contribution in [3.05, 3.63) is 164 Å². The van der Waals surface area contributed by atoms with E-state index < -0.39 is 0 Å². The molecule has 0 atom stereocenters. The summed E-state index contributed by atoms with van der Waals surface area (Å²) in [4.78, 5) is 24.1. The molecule has 0 N–H and O–H groups in total. The minimum atomic E-state index is 0.567. The Bertz CT molecular complexity index is 2590. The van der Waals surface area contributed by atoms with Crippen LogP contribution in [-0.2, 0) is 0 Å². The highest BCUT2D eigenvalue weighted by atomic mass is 16.3. The number of fused-ring (bicyclic) bond motifs is 3. The fourth-order valence-corrected chi connectivity index (χ4v) is 6.36. The smallest absolute Gasteiger partial charge is 0.164 e. The lowest BCUT2D eigenvalue weighted by atomic mass is 9.96. The molecule has 0 amide bonds. The van der Waals surface area contributed by atoms with Gasteiger partial charge in [-0.15, -0.1) is 0 Å². The number of hydrogen-bond donors (Lipinski definition) is 0. The summed E-state index contributed by atoms with van der Waals surface area (Å²) in [5, 5.41) is 1.89. The van der Waals surface area contributed by atoms with E-state index in [9.17, 15) is 0 Å². The fraction of sp³-hybridized carbons (Fsp3) is 0. The SMILES string of the molecule is c1ccc(-c2cccc(-c3nc(-c4ccccc4)nc(-c4cccc5oc6c(-c7cccnc7)cc(-c7cccnc7)cc6c45)n3)c2)cc1. The quantitative estimate of drug-likeness (QED) is 0.182. The summed E-state index contributed by atoms with van der Waals surface area (Å²) in [7, 11) is 0. The van der Waals surface area contributed by atoms with Crippen molar-refractivity contribution in [2.24, 2.45) is 0 Å². The molecule has 4 aromatic heterocycles. The molecule has 0 fully saturated rings. The van der Waals surface area contributed by atoms with Crippen LogP contribution in [0.4, 0.5) is 0 Å². The van der Waals surface area contributed by atoms with E-state index in [1.807, 2.05) is 91.3 Å². The lowest BCUT2D eigenvalue weighted by molar-refractivity contribution is 0.670. The zero-order chi connectivity index (χ0) is 32.6. The van der Waals surface area contributed by atoms with Crippen LogP contribution in [0.1, 0.15) is 0 Å². The maximum Gasteiger partial charge on any atom is 0.164 e. The number of hydrogen-bond acceptors (Lipinski definition) is 6. The second-order valence-corrected chi connectivity index (χ2v) is 11.8. The van der Waals surface area contributed by atoms with Crippen LogP contribution in [0.15, 0.2) is 169 Å². The Hall–Kier alpha value is -6.79. The van der Waals surface area contributed by atoms with Crippen molar-refractivity contribution in [3.63, 3.8) is 0 Å². The van der Waals surface area contributed by atoms with Crippen LogP contribution >= 0.6 is 0 Å². The van der Waals surface area contributed by atoms with Crippen molar-refractivity contribution in [1.29, 1.82) is 0 Å². The minimum Gasteiger partial charge on any atom is -0.455 e. The van der Waals surface area contributed by atoms with Gasteiger partial charge >= 0.3 is 0 Å². The molecule has 0 radical (unpaired) electrons. The largest absolute Gasteiger partial charge is 0.455 e. The monoisotopic (exact) mass is 629 g/mol. The average Bonchev–Trinajstić information content (AvgIpc) is 3.58. The summed E-state index contributed by atoms with van der Waals surface area (Å²) in [6.07, 6.45) is 7.31. The fourth-order valence-electron chi connectivity index (χ4n) is 6.36. The van der Waals surface area contributed by atoms with Gasteiger partial charge < -0.3 is 4.42 Å². The first-order valence-corrected chi connectivity index (χ1v) is 16.1. The van der Waals surface area contributed by atoms with Crippen LogP contribution in [0.3, 0.4) is 0 Å². The molecule has 0 saturated heterocycles. The zero-order valence-electron chi connectivity index (χ0n) is 26.2. The van der Waals surface area contributed by atoms with Gasteiger partial charge in [0, 0.05) is 68.9 Å². The van der Waals surface area contributed by atoms with E-state index in [2.05, 4.69) is 70.6 Å². The third kappa shape index (κ3) is 5.31. The van der Waals surface area contributed by atoms with Gasteiger partial charge in [0.25, 0.3) is 0 Å². The Kier molecular flexibility index (Phi) is 7.02. The van der Waals surface area contributed by atoms with Crippen molar-refractivity contribution in [3.8, 4) is 67.5 Å². The van der Waals surface area contributed by atoms with E-state index in [0.717, 1.165) is 72.0 Å². The van der Waals surface area contributed by atoms with Gasteiger partial charge in [0.1, 0.15) is 11.2 Å². The van der Waals surface area contributed by atoms with E-state index in [-0.39, 0.29) is 0 Å². The van der Waals surface area contributed by atoms with E-state index in [0.29, 0.717) is 17.5 Å². The van der Waals surface area contributed by atoms with Gasteiger partial charge in [-0.1, -0.05) is 103 Å². The molecule has 9 rings (SSSR count). The molecule has 9 aromatic rings. The van der Waals surface area contributed by atoms with Crippen molar-refractivity contribution in [1.82, 2.24) is 24.9 Å². The van der Waals surface area contributed by atoms with Gasteiger partial charge in [0.05, 0.1) is 0 Å². The lowest BCUT2D eigenvalue weighted by Gasteiger charge is -2.11. The Morgan fingerprint density at radius 3 is 1.73 bits per heavy atom. The molecule has 0 aliphatic heterocycles. The maximum atomic E-state index is 6.67. The molecule has 0 saturated carbocycles. The predicted molar refractivity (Wildman–Crippen MR) is 195 cm³/mol. The zero-order valence-corrected chi connectivity index (χ0v) is 26.2. The summed E-state index contributed by atoms with van der Waals surface area (Å²) in [5.41, 5.74) is 10.4. The number of rotatable bonds is 6. The van der Waals surface area contributed by atoms with Crippen molar-refractivity contribution in [2.75, 3.05) is 0 Å². The topological polar surface area (TPSA) is 77.6 Å². The Morgan fingerprint density at radius 1 is 0.388 bits per heavy atom. The number of pyridine rings is 2. The molecule has 0 aliphatic rings. The molecular formula is C43H27N5O. The molecule has 0 bridgehead atoms. The first-order chi connectivity index (χ1) is 24.3. The lowest BCUT2D eigenvalue weighted by Crippen LogP contribution is -2.00. The number of nitrogens with zero attached hydrogens (tertiary/aromatic N) is 5. The van der Waals surface area contributed by atoms with Gasteiger partial charge in [0.2, 0.25) is 0 Å². The average molecular weight is 630 g/mol. The van der Waals surface area contributed by atoms with Gasteiger partial charge in [-0.05, 0) is 53.1 Å². The summed E-state index contributed by atoms with van der Waals surface area (Å²) in [5.74, 6) is 1.76. The molecule has 5 aromatic carbocycles. The highest BCUT2D eigenvalue weighted by Crippen LogP contribution is 2.42. The number of furan rings is 1. The summed E-state index contributed by atoms with van der Waals surface area (Å²) in [6.45, 7) is 0. The highest BCUT2D eigenvalue weighted by Gasteiger charge is 2.21. The van der Waals surface area contributed by atoms with E-state index in [1.54, 1.807) is 12.4 Å². The summed E-state index contributed by atoms with van der Waals surface area (Å²) in [6, 6.07) is 47.1. The second-order valence-electron chi connectivity index (χ2n) is 11.8. The van der Waals surface area contributed by atoms with Gasteiger partial charge in [0.15, 0.2) is 17.5 Å². The minimum absolute atomic E-state index is 0.567. The van der Waals surface area contributed by atoms with Crippen LogP contribution in [0.5, 0.6) is 0 Å². The highest BCUT2D eigenvalue weighted by molar-refractivity contribution is 6.16. The molecular weight excluding hydrogens is 603 g/mol. The molecule has 230 valence electrons. The third-order valence-electron chi connectivity index (χ3n) is 8.70. The molecule has 0 unspecified atom stereocenters. The second kappa shape index (κ2) is 12.1. The van der Waals surface area contributed by atoms with Crippen LogP contribution in [0.2, 0.25) is 0 Å². The Balaban J connectivity index is 1.30. The molecule has 0 aliphatic carbocycles. The Morgan fingerprint density at radius 2 is 1.00 bits per heavy atom. The number of benzene rings is 5. The van der Waals surface area contributed by atoms with E-state index in [1.165, 1.54) is 0 Å². The number of aromatic nitrogens is 5. The summed E-state index contributed by atoms with van der Waals surface area (Å²) < 4.78 is 6.67. The van der Waals surface area contributed by atoms with Crippen LogP contribution < -0.4 is 0 Å². The molecule has 0 spiro atoms. The first kappa shape index (κ1) is 28.4. The molecule has 4 heterocycles. The first-order valence-electron chi connectivity index (χ1n) is 16.1. The van der Waals surface area contributed by atoms with Crippen LogP contribution in [0.25, 0.3) is 89.5 Å². The normalized spacial score (nSPS) is 11.3. The van der Waals surface area contributed by atoms with E-state index >= 15 is 0 Å². The molecule has 6 nitrogen and oxygen atoms in total. The third-order valence-corrected chi connectivity index (χ3v) is 8.70. The van der Waals surface area contributed by atoms with Gasteiger partial charge in [-0.3, -0.25) is 9.97 Å². The molecule has 6 heteroatoms. The predicted octanol–water partition coefficient (Wildman–Crippen LogP) is 10.6. The van der Waals surface area contributed by atoms with Crippen LogP contribution in [-0.4, -0.2) is 24.9 Å². The molecule has 49 heavy (non-hydrogen) atoms. The van der Waals surface area contributed by atoms with Crippen LogP contribution in [0, 0.1) is 0 Å². The Labute approximate surface area is 282 Å². The standard InChI is InChI=1S/C43H27N5O/c1-3-11-28(12-4-1)30-15-7-16-31(23-30)42-46-41(29-13-5-2-6-14-29)47-43(48-42)35-19-8-20-38-39(35)37-25-34(32-17-9-21-44-26-32)24-36(40(37)49-38)33-18-10-22-45-27-33/h1-27H. The van der Waals surface area contributed by atoms with Gasteiger partial charge in [-0.25, -0.2) is 15.0 Å². The van der Waals surface area contributed by atoms with Gasteiger partial charge in [-0.2, -0.15) is 0 Å². The van der Waals surface area contributed by atoms with Crippen molar-refractivity contribution in [2.45, 2.75) is 0 Å². The summed E-state index contributed by atoms with van der Waals surface area (Å²) >= 11 is 0. The maximum absolute atomic E-state index is 6.67.